The molecular weight excluding hydrogens is 140 g/mol. The minimum Gasteiger partial charge on any atom is -0.319 e. The Labute approximate surface area is 67.9 Å². The fourth-order valence-corrected chi connectivity index (χ4v) is 1.31. The van der Waals surface area contributed by atoms with Crippen molar-refractivity contribution in [2.75, 3.05) is 13.6 Å². The molecule has 1 aliphatic carbocycles. The van der Waals surface area contributed by atoms with Crippen LogP contribution in [0.25, 0.3) is 0 Å². The van der Waals surface area contributed by atoms with Crippen LogP contribution in [-0.4, -0.2) is 25.8 Å². The average Bonchev–Trinajstić information content (AvgIpc) is 2.69. The van der Waals surface area contributed by atoms with Crippen molar-refractivity contribution in [1.29, 1.82) is 0 Å². The second kappa shape index (κ2) is 4.01. The number of nitrogens with one attached hydrogen (secondary N) is 3. The highest BCUT2D eigenvalue weighted by molar-refractivity contribution is 4.94. The van der Waals surface area contributed by atoms with E-state index in [9.17, 15) is 0 Å². The number of nitrogens with two attached hydrogens (primary N) is 1. The van der Waals surface area contributed by atoms with E-state index >= 15 is 0 Å². The lowest BCUT2D eigenvalue weighted by Crippen LogP contribution is -2.45. The van der Waals surface area contributed by atoms with Gasteiger partial charge in [0.1, 0.15) is 0 Å². The summed E-state index contributed by atoms with van der Waals surface area (Å²) in [5.41, 5.74) is 2.67. The molecule has 66 valence electrons. The van der Waals surface area contributed by atoms with Crippen molar-refractivity contribution in [2.45, 2.75) is 25.6 Å². The van der Waals surface area contributed by atoms with Crippen LogP contribution in [0.3, 0.4) is 0 Å². The molecule has 0 aromatic carbocycles. The van der Waals surface area contributed by atoms with Crippen LogP contribution in [0, 0.1) is 5.92 Å². The van der Waals surface area contributed by atoms with E-state index in [4.69, 9.17) is 5.84 Å². The standard InChI is InChI=1S/C7H18N4/c1-5(11-8)10-7-3-6(7)4-9-2/h5-7,9-11H,3-4,8H2,1-2H3. The largest absolute Gasteiger partial charge is 0.319 e. The summed E-state index contributed by atoms with van der Waals surface area (Å²) in [7, 11) is 1.99. The van der Waals surface area contributed by atoms with Gasteiger partial charge in [0, 0.05) is 6.04 Å². The molecule has 3 unspecified atom stereocenters. The summed E-state index contributed by atoms with van der Waals surface area (Å²) in [4.78, 5) is 0. The third kappa shape index (κ3) is 2.75. The van der Waals surface area contributed by atoms with E-state index in [1.165, 1.54) is 6.42 Å². The van der Waals surface area contributed by atoms with Crippen LogP contribution >= 0.6 is 0 Å². The highest BCUT2D eigenvalue weighted by atomic mass is 15.3. The molecule has 0 aromatic heterocycles. The monoisotopic (exact) mass is 158 g/mol. The van der Waals surface area contributed by atoms with Gasteiger partial charge in [-0.3, -0.25) is 11.2 Å². The van der Waals surface area contributed by atoms with Gasteiger partial charge in [0.2, 0.25) is 0 Å². The van der Waals surface area contributed by atoms with Gasteiger partial charge in [0.25, 0.3) is 0 Å². The van der Waals surface area contributed by atoms with Crippen molar-refractivity contribution in [3.8, 4) is 0 Å². The highest BCUT2D eigenvalue weighted by Gasteiger charge is 2.36. The minimum absolute atomic E-state index is 0.224. The summed E-state index contributed by atoms with van der Waals surface area (Å²) >= 11 is 0. The Kier molecular flexibility index (Phi) is 3.26. The topological polar surface area (TPSA) is 62.1 Å². The number of rotatable bonds is 5. The van der Waals surface area contributed by atoms with E-state index in [0.29, 0.717) is 6.04 Å². The molecule has 4 heteroatoms. The first-order chi connectivity index (χ1) is 5.27. The van der Waals surface area contributed by atoms with Crippen molar-refractivity contribution in [2.24, 2.45) is 11.8 Å². The smallest absolute Gasteiger partial charge is 0.0675 e. The maximum Gasteiger partial charge on any atom is 0.0675 e. The molecular formula is C7H18N4. The third-order valence-corrected chi connectivity index (χ3v) is 2.10. The Morgan fingerprint density at radius 2 is 2.36 bits per heavy atom. The second-order valence-electron chi connectivity index (χ2n) is 3.21. The van der Waals surface area contributed by atoms with Crippen LogP contribution < -0.4 is 21.9 Å². The van der Waals surface area contributed by atoms with Crippen molar-refractivity contribution >= 4 is 0 Å². The zero-order valence-corrected chi connectivity index (χ0v) is 7.22. The number of hydrazine groups is 1. The molecule has 11 heavy (non-hydrogen) atoms. The summed E-state index contributed by atoms with van der Waals surface area (Å²) in [5.74, 6) is 6.04. The summed E-state index contributed by atoms with van der Waals surface area (Å²) in [5, 5.41) is 6.52. The number of hydrogen-bond acceptors (Lipinski definition) is 4. The maximum atomic E-state index is 5.24. The maximum absolute atomic E-state index is 5.24. The molecule has 1 saturated carbocycles. The molecule has 0 saturated heterocycles. The lowest BCUT2D eigenvalue weighted by Gasteiger charge is -2.11. The fraction of sp³-hybridized carbons (Fsp3) is 1.00. The SMILES string of the molecule is CNCC1CC1NC(C)NN. The Morgan fingerprint density at radius 3 is 2.91 bits per heavy atom. The van der Waals surface area contributed by atoms with Crippen molar-refractivity contribution in [3.05, 3.63) is 0 Å². The van der Waals surface area contributed by atoms with Gasteiger partial charge in [-0.25, -0.2) is 5.43 Å². The van der Waals surface area contributed by atoms with Gasteiger partial charge < -0.3 is 5.32 Å². The molecule has 4 nitrogen and oxygen atoms in total. The van der Waals surface area contributed by atoms with Crippen molar-refractivity contribution < 1.29 is 0 Å². The quantitative estimate of drug-likeness (QED) is 0.235. The van der Waals surface area contributed by atoms with E-state index in [1.54, 1.807) is 0 Å². The first kappa shape index (κ1) is 8.93. The zero-order valence-electron chi connectivity index (χ0n) is 7.22. The summed E-state index contributed by atoms with van der Waals surface area (Å²) in [6.45, 7) is 3.13. The van der Waals surface area contributed by atoms with Gasteiger partial charge in [0.05, 0.1) is 6.17 Å². The lowest BCUT2D eigenvalue weighted by molar-refractivity contribution is 0.447. The van der Waals surface area contributed by atoms with Gasteiger partial charge >= 0.3 is 0 Å². The van der Waals surface area contributed by atoms with Crippen LogP contribution in [0.2, 0.25) is 0 Å². The van der Waals surface area contributed by atoms with E-state index in [0.717, 1.165) is 12.5 Å². The van der Waals surface area contributed by atoms with Gasteiger partial charge in [-0.2, -0.15) is 0 Å². The van der Waals surface area contributed by atoms with E-state index in [1.807, 2.05) is 14.0 Å². The normalized spacial score (nSPS) is 31.9. The molecule has 1 aliphatic rings. The van der Waals surface area contributed by atoms with E-state index in [2.05, 4.69) is 16.1 Å². The predicted molar refractivity (Wildman–Crippen MR) is 45.7 cm³/mol. The molecule has 0 aliphatic heterocycles. The van der Waals surface area contributed by atoms with Crippen molar-refractivity contribution in [1.82, 2.24) is 16.1 Å². The van der Waals surface area contributed by atoms with E-state index in [-0.39, 0.29) is 6.17 Å². The number of hydrogen-bond donors (Lipinski definition) is 4. The summed E-state index contributed by atoms with van der Waals surface area (Å²) < 4.78 is 0. The Morgan fingerprint density at radius 1 is 1.64 bits per heavy atom. The van der Waals surface area contributed by atoms with Crippen LogP contribution in [0.15, 0.2) is 0 Å². The Balaban J connectivity index is 2.03. The van der Waals surface area contributed by atoms with Crippen LogP contribution in [0.5, 0.6) is 0 Å². The fourth-order valence-electron chi connectivity index (χ4n) is 1.31. The average molecular weight is 158 g/mol. The molecule has 3 atom stereocenters. The van der Waals surface area contributed by atoms with Crippen LogP contribution in [0.4, 0.5) is 0 Å². The minimum atomic E-state index is 0.224. The molecule has 0 heterocycles. The molecule has 5 N–H and O–H groups in total. The third-order valence-electron chi connectivity index (χ3n) is 2.10. The van der Waals surface area contributed by atoms with Gasteiger partial charge in [-0.05, 0) is 32.9 Å². The van der Waals surface area contributed by atoms with Gasteiger partial charge in [0.15, 0.2) is 0 Å². The molecule has 0 amide bonds. The Hall–Kier alpha value is -0.160. The molecule has 0 bridgehead atoms. The summed E-state index contributed by atoms with van der Waals surface area (Å²) in [6.07, 6.45) is 1.49. The highest BCUT2D eigenvalue weighted by Crippen LogP contribution is 2.29. The van der Waals surface area contributed by atoms with Crippen LogP contribution in [-0.2, 0) is 0 Å². The molecule has 0 spiro atoms. The van der Waals surface area contributed by atoms with Crippen LogP contribution in [0.1, 0.15) is 13.3 Å². The molecule has 1 rings (SSSR count). The first-order valence-corrected chi connectivity index (χ1v) is 4.14. The lowest BCUT2D eigenvalue weighted by atomic mass is 10.4. The van der Waals surface area contributed by atoms with Crippen molar-refractivity contribution in [3.63, 3.8) is 0 Å². The second-order valence-corrected chi connectivity index (χ2v) is 3.21. The molecule has 0 radical (unpaired) electrons. The molecule has 0 aromatic rings. The summed E-state index contributed by atoms with van der Waals surface area (Å²) in [6, 6.07) is 0.661. The zero-order chi connectivity index (χ0) is 8.27. The predicted octanol–water partition coefficient (Wildman–Crippen LogP) is -1.01. The Bertz CT molecular complexity index is 117. The van der Waals surface area contributed by atoms with E-state index < -0.39 is 0 Å². The first-order valence-electron chi connectivity index (χ1n) is 4.14. The van der Waals surface area contributed by atoms with Gasteiger partial charge in [-0.1, -0.05) is 0 Å². The molecule has 1 fully saturated rings. The van der Waals surface area contributed by atoms with Gasteiger partial charge in [-0.15, -0.1) is 0 Å².